The van der Waals surface area contributed by atoms with Gasteiger partial charge in [0.2, 0.25) is 6.54 Å². The zero-order chi connectivity index (χ0) is 8.97. The molecule has 7 heteroatoms. The molecular weight excluding hydrogens is 164 g/mol. The Hall–Kier alpha value is -1.50. The second-order valence-electron chi connectivity index (χ2n) is 2.19. The molecule has 1 rings (SSSR count). The molecule has 1 heterocycles. The molecule has 0 amide bonds. The van der Waals surface area contributed by atoms with E-state index in [2.05, 4.69) is 10.3 Å². The Morgan fingerprint density at radius 2 is 2.50 bits per heavy atom. The third-order valence-corrected chi connectivity index (χ3v) is 1.26. The molecule has 66 valence electrons. The largest absolute Gasteiger partial charge is 0.390 e. The van der Waals surface area contributed by atoms with Gasteiger partial charge in [-0.3, -0.25) is 10.1 Å². The van der Waals surface area contributed by atoms with Crippen LogP contribution in [0, 0.1) is 10.1 Å². The number of nitrogens with zero attached hydrogens (tertiary/aromatic N) is 4. The van der Waals surface area contributed by atoms with Crippen LogP contribution in [0.3, 0.4) is 0 Å². The maximum Gasteiger partial charge on any atom is 0.223 e. The quantitative estimate of drug-likeness (QED) is 0.466. The normalized spacial score (nSPS) is 10.1. The Kier molecular flexibility index (Phi) is 2.70. The Bertz CT molecular complexity index is 271. The van der Waals surface area contributed by atoms with Gasteiger partial charge in [0.25, 0.3) is 0 Å². The second kappa shape index (κ2) is 3.77. The van der Waals surface area contributed by atoms with Crippen LogP contribution in [-0.2, 0) is 13.2 Å². The molecule has 0 spiro atoms. The van der Waals surface area contributed by atoms with Crippen molar-refractivity contribution in [2.75, 3.05) is 6.54 Å². The van der Waals surface area contributed by atoms with Crippen LogP contribution in [0.5, 0.6) is 0 Å². The Morgan fingerprint density at radius 3 is 3.00 bits per heavy atom. The molecule has 0 radical (unpaired) electrons. The summed E-state index contributed by atoms with van der Waals surface area (Å²) in [6.45, 7) is -0.202. The van der Waals surface area contributed by atoms with E-state index in [0.717, 1.165) is 0 Å². The zero-order valence-electron chi connectivity index (χ0n) is 6.25. The third kappa shape index (κ3) is 2.27. The van der Waals surface area contributed by atoms with Gasteiger partial charge in [-0.2, -0.15) is 0 Å². The van der Waals surface area contributed by atoms with Crippen molar-refractivity contribution < 1.29 is 10.0 Å². The molecule has 0 saturated carbocycles. The van der Waals surface area contributed by atoms with Gasteiger partial charge in [0.05, 0.1) is 12.8 Å². The summed E-state index contributed by atoms with van der Waals surface area (Å²) in [5.74, 6) is 0. The lowest BCUT2D eigenvalue weighted by atomic mass is 10.5. The van der Waals surface area contributed by atoms with Gasteiger partial charge >= 0.3 is 0 Å². The van der Waals surface area contributed by atoms with Crippen molar-refractivity contribution in [3.05, 3.63) is 22.0 Å². The van der Waals surface area contributed by atoms with Crippen molar-refractivity contribution in [2.24, 2.45) is 0 Å². The summed E-state index contributed by atoms with van der Waals surface area (Å²) in [6, 6.07) is 0. The molecule has 1 aromatic rings. The van der Waals surface area contributed by atoms with Crippen LogP contribution in [0.2, 0.25) is 0 Å². The fourth-order valence-electron chi connectivity index (χ4n) is 0.704. The number of aromatic nitrogens is 3. The molecule has 0 atom stereocenters. The summed E-state index contributed by atoms with van der Waals surface area (Å²) in [5, 5.41) is 25.6. The van der Waals surface area contributed by atoms with E-state index < -0.39 is 4.92 Å². The lowest BCUT2D eigenvalue weighted by Gasteiger charge is -1.92. The van der Waals surface area contributed by atoms with Gasteiger partial charge in [0.1, 0.15) is 12.2 Å². The van der Waals surface area contributed by atoms with E-state index >= 15 is 0 Å². The van der Waals surface area contributed by atoms with Gasteiger partial charge in [-0.25, -0.2) is 4.68 Å². The number of hydrogen-bond acceptors (Lipinski definition) is 5. The number of nitro groups is 1. The maximum atomic E-state index is 9.94. The number of rotatable bonds is 4. The topological polar surface area (TPSA) is 94.1 Å². The van der Waals surface area contributed by atoms with E-state index in [1.165, 1.54) is 10.9 Å². The maximum absolute atomic E-state index is 9.94. The van der Waals surface area contributed by atoms with E-state index in [9.17, 15) is 10.1 Å². The minimum atomic E-state index is -0.430. The van der Waals surface area contributed by atoms with Gasteiger partial charge in [0.15, 0.2) is 0 Å². The number of aliphatic hydroxyl groups excluding tert-OH is 1. The molecule has 7 nitrogen and oxygen atoms in total. The first-order valence-corrected chi connectivity index (χ1v) is 3.34. The third-order valence-electron chi connectivity index (χ3n) is 1.26. The van der Waals surface area contributed by atoms with Gasteiger partial charge in [-0.15, -0.1) is 5.10 Å². The molecule has 0 aliphatic rings. The summed E-state index contributed by atoms with van der Waals surface area (Å²) in [6.07, 6.45) is 1.48. The van der Waals surface area contributed by atoms with Crippen LogP contribution in [-0.4, -0.2) is 31.6 Å². The summed E-state index contributed by atoms with van der Waals surface area (Å²) < 4.78 is 1.33. The van der Waals surface area contributed by atoms with Crippen LogP contribution >= 0.6 is 0 Å². The number of hydrogen-bond donors (Lipinski definition) is 1. The monoisotopic (exact) mass is 172 g/mol. The van der Waals surface area contributed by atoms with E-state index in [0.29, 0.717) is 5.69 Å². The first-order valence-electron chi connectivity index (χ1n) is 3.34. The summed E-state index contributed by atoms with van der Waals surface area (Å²) in [7, 11) is 0. The highest BCUT2D eigenvalue weighted by atomic mass is 16.6. The summed E-state index contributed by atoms with van der Waals surface area (Å²) in [5.41, 5.74) is 0.415. The average Bonchev–Trinajstić information content (AvgIpc) is 2.48. The molecule has 0 aromatic carbocycles. The van der Waals surface area contributed by atoms with E-state index in [4.69, 9.17) is 5.11 Å². The van der Waals surface area contributed by atoms with Crippen molar-refractivity contribution in [3.8, 4) is 0 Å². The Labute approximate surface area is 67.8 Å². The van der Waals surface area contributed by atoms with Crippen molar-refractivity contribution in [1.29, 1.82) is 0 Å². The van der Waals surface area contributed by atoms with Crippen molar-refractivity contribution >= 4 is 0 Å². The van der Waals surface area contributed by atoms with Crippen molar-refractivity contribution in [1.82, 2.24) is 15.0 Å². The molecule has 0 saturated heterocycles. The minimum absolute atomic E-state index is 0.181. The molecule has 1 aromatic heterocycles. The lowest BCUT2D eigenvalue weighted by molar-refractivity contribution is -0.481. The Morgan fingerprint density at radius 1 is 1.75 bits per heavy atom. The van der Waals surface area contributed by atoms with Gasteiger partial charge in [-0.05, 0) is 0 Å². The van der Waals surface area contributed by atoms with Crippen LogP contribution < -0.4 is 0 Å². The highest BCUT2D eigenvalue weighted by Crippen LogP contribution is 1.91. The molecule has 12 heavy (non-hydrogen) atoms. The Balaban J connectivity index is 2.47. The van der Waals surface area contributed by atoms with Crippen molar-refractivity contribution in [3.63, 3.8) is 0 Å². The van der Waals surface area contributed by atoms with Crippen LogP contribution in [0.1, 0.15) is 5.69 Å². The molecule has 0 unspecified atom stereocenters. The van der Waals surface area contributed by atoms with E-state index in [-0.39, 0.29) is 19.7 Å². The molecule has 0 bridgehead atoms. The molecule has 0 aliphatic carbocycles. The molecule has 0 aliphatic heterocycles. The highest BCUT2D eigenvalue weighted by molar-refractivity contribution is 4.88. The van der Waals surface area contributed by atoms with Gasteiger partial charge in [-0.1, -0.05) is 5.21 Å². The summed E-state index contributed by atoms with van der Waals surface area (Å²) >= 11 is 0. The minimum Gasteiger partial charge on any atom is -0.390 e. The molecule has 1 N–H and O–H groups in total. The summed E-state index contributed by atoms with van der Waals surface area (Å²) in [4.78, 5) is 9.51. The van der Waals surface area contributed by atoms with E-state index in [1.54, 1.807) is 0 Å². The predicted molar refractivity (Wildman–Crippen MR) is 37.8 cm³/mol. The van der Waals surface area contributed by atoms with Gasteiger partial charge in [0, 0.05) is 4.92 Å². The molecular formula is C5H8N4O3. The SMILES string of the molecule is O=[N+]([O-])CCn1cc(CO)nn1. The van der Waals surface area contributed by atoms with Gasteiger partial charge < -0.3 is 5.11 Å². The van der Waals surface area contributed by atoms with Crippen LogP contribution in [0.4, 0.5) is 0 Å². The second-order valence-corrected chi connectivity index (χ2v) is 2.19. The van der Waals surface area contributed by atoms with Crippen LogP contribution in [0.15, 0.2) is 6.20 Å². The fourth-order valence-corrected chi connectivity index (χ4v) is 0.704. The van der Waals surface area contributed by atoms with Crippen molar-refractivity contribution in [2.45, 2.75) is 13.2 Å². The predicted octanol–water partition coefficient (Wildman–Crippen LogP) is -0.953. The number of aliphatic hydroxyl groups is 1. The lowest BCUT2D eigenvalue weighted by Crippen LogP contribution is -2.10. The first kappa shape index (κ1) is 8.60. The fraction of sp³-hybridized carbons (Fsp3) is 0.600. The first-order chi connectivity index (χ1) is 5.72. The average molecular weight is 172 g/mol. The van der Waals surface area contributed by atoms with Crippen LogP contribution in [0.25, 0.3) is 0 Å². The highest BCUT2D eigenvalue weighted by Gasteiger charge is 2.01. The standard InChI is InChI=1S/C5H8N4O3/c10-4-5-3-8(7-6-5)1-2-9(11)12/h3,10H,1-2,4H2. The zero-order valence-corrected chi connectivity index (χ0v) is 6.25. The van der Waals surface area contributed by atoms with E-state index in [1.807, 2.05) is 0 Å². The molecule has 0 fully saturated rings. The smallest absolute Gasteiger partial charge is 0.223 e.